The Balaban J connectivity index is 2.19. The maximum absolute atomic E-state index is 12.4. The Bertz CT molecular complexity index is 634. The van der Waals surface area contributed by atoms with Crippen LogP contribution in [0.15, 0.2) is 12.1 Å². The highest BCUT2D eigenvalue weighted by Crippen LogP contribution is 2.23. The van der Waals surface area contributed by atoms with Gasteiger partial charge in [0, 0.05) is 12.6 Å². The third kappa shape index (κ3) is 3.01. The van der Waals surface area contributed by atoms with Gasteiger partial charge >= 0.3 is 5.97 Å². The van der Waals surface area contributed by atoms with Gasteiger partial charge in [0.2, 0.25) is 0 Å². The summed E-state index contributed by atoms with van der Waals surface area (Å²) >= 11 is 0.911. The fourth-order valence-electron chi connectivity index (χ4n) is 2.30. The SMILES string of the molecule is CCN(C(=O)c1ccc(C(=O)O)s1)C1CCS(=O)(=O)C1. The number of carboxylic acid groups (broad SMARTS) is 1. The topological polar surface area (TPSA) is 91.8 Å². The first-order valence-corrected chi connectivity index (χ1v) is 8.82. The van der Waals surface area contributed by atoms with Gasteiger partial charge in [-0.05, 0) is 25.5 Å². The van der Waals surface area contributed by atoms with Crippen molar-refractivity contribution in [2.24, 2.45) is 0 Å². The Morgan fingerprint density at radius 2 is 2.05 bits per heavy atom. The van der Waals surface area contributed by atoms with E-state index in [9.17, 15) is 18.0 Å². The Hall–Kier alpha value is -1.41. The number of thiophene rings is 1. The standard InChI is InChI=1S/C12H15NO5S2/c1-2-13(8-5-6-20(17,18)7-8)11(14)9-3-4-10(19-9)12(15)16/h3-4,8H,2,5-7H2,1H3,(H,15,16). The lowest BCUT2D eigenvalue weighted by molar-refractivity contribution is 0.0698. The number of carbonyl (C=O) groups is 2. The smallest absolute Gasteiger partial charge is 0.345 e. The molecule has 2 heterocycles. The highest BCUT2D eigenvalue weighted by Gasteiger charge is 2.34. The molecule has 1 aromatic heterocycles. The predicted octanol–water partition coefficient (Wildman–Crippen LogP) is 1.10. The molecule has 0 aromatic carbocycles. The van der Waals surface area contributed by atoms with Crippen LogP contribution >= 0.6 is 11.3 Å². The molecule has 0 radical (unpaired) electrons. The normalized spacial score (nSPS) is 20.8. The van der Waals surface area contributed by atoms with Crippen LogP contribution < -0.4 is 0 Å². The number of hydrogen-bond donors (Lipinski definition) is 1. The van der Waals surface area contributed by atoms with E-state index in [1.165, 1.54) is 17.0 Å². The van der Waals surface area contributed by atoms with Gasteiger partial charge in [0.15, 0.2) is 9.84 Å². The van der Waals surface area contributed by atoms with Gasteiger partial charge in [0.05, 0.1) is 16.4 Å². The van der Waals surface area contributed by atoms with Crippen molar-refractivity contribution in [3.8, 4) is 0 Å². The van der Waals surface area contributed by atoms with Gasteiger partial charge in [-0.25, -0.2) is 13.2 Å². The first-order valence-electron chi connectivity index (χ1n) is 6.18. The van der Waals surface area contributed by atoms with Gasteiger partial charge < -0.3 is 10.0 Å². The average molecular weight is 317 g/mol. The van der Waals surface area contributed by atoms with Crippen LogP contribution in [0.4, 0.5) is 0 Å². The van der Waals surface area contributed by atoms with E-state index in [1.807, 2.05) is 0 Å². The van der Waals surface area contributed by atoms with E-state index in [4.69, 9.17) is 5.11 Å². The van der Waals surface area contributed by atoms with Crippen molar-refractivity contribution in [3.63, 3.8) is 0 Å². The lowest BCUT2D eigenvalue weighted by Gasteiger charge is -2.26. The molecule has 20 heavy (non-hydrogen) atoms. The van der Waals surface area contributed by atoms with Crippen molar-refractivity contribution in [2.75, 3.05) is 18.1 Å². The van der Waals surface area contributed by atoms with E-state index >= 15 is 0 Å². The molecule has 1 aliphatic heterocycles. The van der Waals surface area contributed by atoms with E-state index in [0.717, 1.165) is 11.3 Å². The monoisotopic (exact) mass is 317 g/mol. The third-order valence-electron chi connectivity index (χ3n) is 3.28. The summed E-state index contributed by atoms with van der Waals surface area (Å²) < 4.78 is 23.0. The Morgan fingerprint density at radius 1 is 1.40 bits per heavy atom. The molecule has 8 heteroatoms. The minimum absolute atomic E-state index is 0.0102. The highest BCUT2D eigenvalue weighted by molar-refractivity contribution is 7.91. The second-order valence-corrected chi connectivity index (χ2v) is 7.93. The summed E-state index contributed by atoms with van der Waals surface area (Å²) in [5, 5.41) is 8.86. The maximum atomic E-state index is 12.4. The molecule has 1 aliphatic rings. The molecule has 1 unspecified atom stereocenters. The fraction of sp³-hybridized carbons (Fsp3) is 0.500. The lowest BCUT2D eigenvalue weighted by atomic mass is 10.2. The largest absolute Gasteiger partial charge is 0.477 e. The van der Waals surface area contributed by atoms with Crippen LogP contribution in [0, 0.1) is 0 Å². The molecule has 1 fully saturated rings. The summed E-state index contributed by atoms with van der Waals surface area (Å²) in [7, 11) is -3.06. The van der Waals surface area contributed by atoms with E-state index < -0.39 is 15.8 Å². The molecule has 2 rings (SSSR count). The Kier molecular flexibility index (Phi) is 4.14. The zero-order chi connectivity index (χ0) is 14.9. The first kappa shape index (κ1) is 15.0. The molecule has 1 amide bonds. The zero-order valence-corrected chi connectivity index (χ0v) is 12.5. The summed E-state index contributed by atoms with van der Waals surface area (Å²) in [5.74, 6) is -1.27. The quantitative estimate of drug-likeness (QED) is 0.897. The van der Waals surface area contributed by atoms with E-state index in [2.05, 4.69) is 0 Å². The van der Waals surface area contributed by atoms with Gasteiger partial charge in [-0.3, -0.25) is 4.79 Å². The van der Waals surface area contributed by atoms with Gasteiger partial charge in [-0.15, -0.1) is 11.3 Å². The Labute approximate surface area is 120 Å². The van der Waals surface area contributed by atoms with Crippen molar-refractivity contribution in [1.82, 2.24) is 4.90 Å². The second-order valence-electron chi connectivity index (χ2n) is 4.62. The Morgan fingerprint density at radius 3 is 2.50 bits per heavy atom. The molecule has 0 bridgehead atoms. The number of hydrogen-bond acceptors (Lipinski definition) is 5. The molecule has 1 saturated heterocycles. The van der Waals surface area contributed by atoms with Crippen molar-refractivity contribution in [3.05, 3.63) is 21.9 Å². The number of carboxylic acids is 1. The summed E-state index contributed by atoms with van der Waals surface area (Å²) in [6.07, 6.45) is 0.444. The van der Waals surface area contributed by atoms with Crippen LogP contribution in [0.1, 0.15) is 32.7 Å². The van der Waals surface area contributed by atoms with Gasteiger partial charge in [0.25, 0.3) is 5.91 Å². The minimum atomic E-state index is -3.06. The number of sulfone groups is 1. The van der Waals surface area contributed by atoms with Crippen molar-refractivity contribution >= 4 is 33.1 Å². The van der Waals surface area contributed by atoms with Gasteiger partial charge in [-0.2, -0.15) is 0 Å². The van der Waals surface area contributed by atoms with Crippen molar-refractivity contribution in [1.29, 1.82) is 0 Å². The van der Waals surface area contributed by atoms with E-state index in [0.29, 0.717) is 17.8 Å². The van der Waals surface area contributed by atoms with Crippen LogP contribution in [-0.4, -0.2) is 54.4 Å². The molecule has 0 saturated carbocycles. The predicted molar refractivity (Wildman–Crippen MR) is 75.0 cm³/mol. The fourth-order valence-corrected chi connectivity index (χ4v) is 4.83. The summed E-state index contributed by atoms with van der Waals surface area (Å²) in [6, 6.07) is 2.55. The zero-order valence-electron chi connectivity index (χ0n) is 10.9. The molecular weight excluding hydrogens is 302 g/mol. The minimum Gasteiger partial charge on any atom is -0.477 e. The molecule has 1 N–H and O–H groups in total. The summed E-state index contributed by atoms with van der Waals surface area (Å²) in [5.41, 5.74) is 0. The number of amides is 1. The average Bonchev–Trinajstić information content (AvgIpc) is 2.97. The number of carbonyl (C=O) groups excluding carboxylic acids is 1. The van der Waals surface area contributed by atoms with Crippen molar-refractivity contribution in [2.45, 2.75) is 19.4 Å². The molecular formula is C12H15NO5S2. The van der Waals surface area contributed by atoms with Crippen LogP contribution in [0.25, 0.3) is 0 Å². The maximum Gasteiger partial charge on any atom is 0.345 e. The number of nitrogens with zero attached hydrogens (tertiary/aromatic N) is 1. The number of rotatable bonds is 4. The van der Waals surface area contributed by atoms with E-state index in [-0.39, 0.29) is 28.3 Å². The lowest BCUT2D eigenvalue weighted by Crippen LogP contribution is -2.40. The van der Waals surface area contributed by atoms with Crippen LogP contribution in [0.2, 0.25) is 0 Å². The third-order valence-corrected chi connectivity index (χ3v) is 6.09. The molecule has 1 atom stereocenters. The molecule has 110 valence electrons. The number of aromatic carboxylic acids is 1. The summed E-state index contributed by atoms with van der Waals surface area (Å²) in [6.45, 7) is 2.19. The summed E-state index contributed by atoms with van der Waals surface area (Å²) in [4.78, 5) is 25.1. The first-order chi connectivity index (χ1) is 9.34. The van der Waals surface area contributed by atoms with Gasteiger partial charge in [-0.1, -0.05) is 0 Å². The van der Waals surface area contributed by atoms with E-state index in [1.54, 1.807) is 6.92 Å². The van der Waals surface area contributed by atoms with Gasteiger partial charge in [0.1, 0.15) is 4.88 Å². The molecule has 6 nitrogen and oxygen atoms in total. The molecule has 1 aromatic rings. The highest BCUT2D eigenvalue weighted by atomic mass is 32.2. The van der Waals surface area contributed by atoms with Crippen LogP contribution in [-0.2, 0) is 9.84 Å². The van der Waals surface area contributed by atoms with Crippen molar-refractivity contribution < 1.29 is 23.1 Å². The second kappa shape index (κ2) is 5.53. The molecule has 0 aliphatic carbocycles. The van der Waals surface area contributed by atoms with Crippen LogP contribution in [0.5, 0.6) is 0 Å². The molecule has 0 spiro atoms. The van der Waals surface area contributed by atoms with Crippen LogP contribution in [0.3, 0.4) is 0 Å².